The highest BCUT2D eigenvalue weighted by atomic mass is 16.5. The van der Waals surface area contributed by atoms with Crippen molar-refractivity contribution in [2.45, 2.75) is 32.3 Å². The summed E-state index contributed by atoms with van der Waals surface area (Å²) in [5.41, 5.74) is 0. The summed E-state index contributed by atoms with van der Waals surface area (Å²) in [6.45, 7) is 5.22. The number of amides is 2. The summed E-state index contributed by atoms with van der Waals surface area (Å²) in [4.78, 5) is 14.5. The quantitative estimate of drug-likeness (QED) is 0.845. The van der Waals surface area contributed by atoms with Gasteiger partial charge in [-0.15, -0.1) is 0 Å². The third kappa shape index (κ3) is 4.81. The van der Waals surface area contributed by atoms with E-state index in [9.17, 15) is 4.79 Å². The van der Waals surface area contributed by atoms with Gasteiger partial charge in [-0.05, 0) is 25.0 Å². The van der Waals surface area contributed by atoms with E-state index in [-0.39, 0.29) is 12.1 Å². The van der Waals surface area contributed by atoms with E-state index in [1.54, 1.807) is 7.11 Å². The number of nitrogens with zero attached hydrogens (tertiary/aromatic N) is 1. The number of rotatable bonds is 6. The Morgan fingerprint density at radius 2 is 2.08 bits per heavy atom. The van der Waals surface area contributed by atoms with Gasteiger partial charge in [-0.25, -0.2) is 4.79 Å². The van der Waals surface area contributed by atoms with Crippen LogP contribution in [0.2, 0.25) is 0 Å². The van der Waals surface area contributed by atoms with Gasteiger partial charge in [0, 0.05) is 19.0 Å². The molecule has 3 rings (SSSR count). The maximum absolute atomic E-state index is 12.6. The number of carbonyl (C=O) groups excluding carboxylic acids is 1. The number of benzene rings is 1. The zero-order valence-corrected chi connectivity index (χ0v) is 15.8. The predicted molar refractivity (Wildman–Crippen MR) is 99.7 cm³/mol. The summed E-state index contributed by atoms with van der Waals surface area (Å²) >= 11 is 0. The lowest BCUT2D eigenvalue weighted by molar-refractivity contribution is 0.0774. The minimum Gasteiger partial charge on any atom is -0.493 e. The number of para-hydroxylation sites is 2. The van der Waals surface area contributed by atoms with Crippen LogP contribution in [0.1, 0.15) is 26.2 Å². The van der Waals surface area contributed by atoms with E-state index in [0.717, 1.165) is 19.1 Å². The molecule has 6 nitrogen and oxygen atoms in total. The summed E-state index contributed by atoms with van der Waals surface area (Å²) < 4.78 is 16.9. The van der Waals surface area contributed by atoms with Gasteiger partial charge >= 0.3 is 6.03 Å². The molecule has 0 bridgehead atoms. The highest BCUT2D eigenvalue weighted by Gasteiger charge is 2.31. The lowest BCUT2D eigenvalue weighted by Crippen LogP contribution is -2.46. The van der Waals surface area contributed by atoms with Crippen LogP contribution in [0.5, 0.6) is 11.5 Å². The molecular formula is C20H30N2O4. The molecule has 0 radical (unpaired) electrons. The van der Waals surface area contributed by atoms with E-state index in [4.69, 9.17) is 14.2 Å². The van der Waals surface area contributed by atoms with Crippen LogP contribution in [0.3, 0.4) is 0 Å². The van der Waals surface area contributed by atoms with Crippen molar-refractivity contribution in [1.82, 2.24) is 10.2 Å². The Labute approximate surface area is 155 Å². The van der Waals surface area contributed by atoms with Gasteiger partial charge in [0.05, 0.1) is 26.9 Å². The van der Waals surface area contributed by atoms with E-state index in [0.29, 0.717) is 37.1 Å². The lowest BCUT2D eigenvalue weighted by atomic mass is 9.76. The second-order valence-electron chi connectivity index (χ2n) is 7.24. The fourth-order valence-electron chi connectivity index (χ4n) is 3.53. The first-order valence-electron chi connectivity index (χ1n) is 9.57. The Hall–Kier alpha value is -1.95. The molecule has 1 saturated carbocycles. The molecule has 2 fully saturated rings. The van der Waals surface area contributed by atoms with Crippen molar-refractivity contribution in [1.29, 1.82) is 0 Å². The summed E-state index contributed by atoms with van der Waals surface area (Å²) in [6, 6.07) is 7.50. The molecule has 144 valence electrons. The smallest absolute Gasteiger partial charge is 0.317 e. The Bertz CT molecular complexity index is 591. The Morgan fingerprint density at radius 1 is 1.31 bits per heavy atom. The molecule has 2 atom stereocenters. The minimum atomic E-state index is -0.152. The Morgan fingerprint density at radius 3 is 2.77 bits per heavy atom. The molecule has 1 aromatic rings. The van der Waals surface area contributed by atoms with Gasteiger partial charge in [0.25, 0.3) is 0 Å². The molecule has 1 aliphatic carbocycles. The number of methoxy groups -OCH3 is 1. The van der Waals surface area contributed by atoms with Crippen LogP contribution in [0, 0.1) is 11.8 Å². The summed E-state index contributed by atoms with van der Waals surface area (Å²) in [5.74, 6) is 2.57. The average molecular weight is 362 g/mol. The van der Waals surface area contributed by atoms with Crippen LogP contribution < -0.4 is 14.8 Å². The molecule has 6 heteroatoms. The first-order valence-corrected chi connectivity index (χ1v) is 9.57. The summed E-state index contributed by atoms with van der Waals surface area (Å²) in [7, 11) is 1.62. The van der Waals surface area contributed by atoms with Gasteiger partial charge < -0.3 is 24.4 Å². The highest BCUT2D eigenvalue weighted by Crippen LogP contribution is 2.34. The van der Waals surface area contributed by atoms with Crippen molar-refractivity contribution in [3.05, 3.63) is 24.3 Å². The van der Waals surface area contributed by atoms with Crippen molar-refractivity contribution in [2.24, 2.45) is 11.8 Å². The number of hydrogen-bond donors (Lipinski definition) is 1. The molecule has 1 saturated heterocycles. The third-order valence-electron chi connectivity index (χ3n) is 5.33. The average Bonchev–Trinajstić information content (AvgIpc) is 2.85. The standard InChI is InChI=1S/C20H30N2O4/c1-15(26-19-9-4-3-8-18(19)24-2)12-21-20(23)22-10-11-25-14-17(13-22)16-6-5-7-16/h3-4,8-9,15-17H,5-7,10-14H2,1-2H3,(H,21,23). The predicted octanol–water partition coefficient (Wildman–Crippen LogP) is 2.92. The SMILES string of the molecule is COc1ccccc1OC(C)CNC(=O)N1CCOCC(C2CCC2)C1. The molecule has 2 unspecified atom stereocenters. The zero-order valence-electron chi connectivity index (χ0n) is 15.8. The van der Waals surface area contributed by atoms with E-state index in [1.807, 2.05) is 36.1 Å². The van der Waals surface area contributed by atoms with Gasteiger partial charge in [-0.2, -0.15) is 0 Å². The molecule has 26 heavy (non-hydrogen) atoms. The third-order valence-corrected chi connectivity index (χ3v) is 5.33. The van der Waals surface area contributed by atoms with Crippen LogP contribution in [0.15, 0.2) is 24.3 Å². The number of ether oxygens (including phenoxy) is 3. The molecule has 1 N–H and O–H groups in total. The van der Waals surface area contributed by atoms with E-state index in [2.05, 4.69) is 5.32 Å². The monoisotopic (exact) mass is 362 g/mol. The lowest BCUT2D eigenvalue weighted by Gasteiger charge is -2.35. The molecule has 2 aliphatic rings. The number of urea groups is 1. The van der Waals surface area contributed by atoms with Gasteiger partial charge in [0.2, 0.25) is 0 Å². The van der Waals surface area contributed by atoms with Crippen LogP contribution in [-0.2, 0) is 4.74 Å². The zero-order chi connectivity index (χ0) is 18.4. The molecule has 1 aromatic carbocycles. The molecule has 0 spiro atoms. The first kappa shape index (κ1) is 18.8. The van der Waals surface area contributed by atoms with E-state index in [1.165, 1.54) is 19.3 Å². The van der Waals surface area contributed by atoms with Crippen LogP contribution in [0.25, 0.3) is 0 Å². The first-order chi connectivity index (χ1) is 12.7. The largest absolute Gasteiger partial charge is 0.493 e. The van der Waals surface area contributed by atoms with Crippen LogP contribution >= 0.6 is 0 Å². The highest BCUT2D eigenvalue weighted by molar-refractivity contribution is 5.74. The minimum absolute atomic E-state index is 0.0321. The number of carbonyl (C=O) groups is 1. The topological polar surface area (TPSA) is 60.0 Å². The van der Waals surface area contributed by atoms with Gasteiger partial charge in [0.1, 0.15) is 6.10 Å². The molecule has 2 amide bonds. The Kier molecular flexibility index (Phi) is 6.61. The van der Waals surface area contributed by atoms with Gasteiger partial charge in [0.15, 0.2) is 11.5 Å². The van der Waals surface area contributed by atoms with E-state index >= 15 is 0 Å². The van der Waals surface area contributed by atoms with Gasteiger partial charge in [-0.1, -0.05) is 31.4 Å². The van der Waals surface area contributed by atoms with E-state index < -0.39 is 0 Å². The normalized spacial score (nSPS) is 22.1. The second-order valence-corrected chi connectivity index (χ2v) is 7.24. The number of nitrogens with one attached hydrogen (secondary N) is 1. The van der Waals surface area contributed by atoms with Gasteiger partial charge in [-0.3, -0.25) is 0 Å². The van der Waals surface area contributed by atoms with Crippen molar-refractivity contribution in [3.63, 3.8) is 0 Å². The fourth-order valence-corrected chi connectivity index (χ4v) is 3.53. The van der Waals surface area contributed by atoms with Crippen molar-refractivity contribution < 1.29 is 19.0 Å². The molecular weight excluding hydrogens is 332 g/mol. The fraction of sp³-hybridized carbons (Fsp3) is 0.650. The Balaban J connectivity index is 1.47. The second kappa shape index (κ2) is 9.12. The molecule has 0 aromatic heterocycles. The molecule has 1 aliphatic heterocycles. The summed E-state index contributed by atoms with van der Waals surface area (Å²) in [5, 5.41) is 3.00. The maximum Gasteiger partial charge on any atom is 0.317 e. The van der Waals surface area contributed by atoms with Crippen LogP contribution in [-0.4, -0.2) is 57.0 Å². The molecule has 1 heterocycles. The number of hydrogen-bond acceptors (Lipinski definition) is 4. The maximum atomic E-state index is 12.6. The van der Waals surface area contributed by atoms with Crippen molar-refractivity contribution in [3.8, 4) is 11.5 Å². The van der Waals surface area contributed by atoms with Crippen molar-refractivity contribution in [2.75, 3.05) is 40.0 Å². The van der Waals surface area contributed by atoms with Crippen LogP contribution in [0.4, 0.5) is 4.79 Å². The summed E-state index contributed by atoms with van der Waals surface area (Å²) in [6.07, 6.45) is 3.70. The van der Waals surface area contributed by atoms with Crippen molar-refractivity contribution >= 4 is 6.03 Å².